The first kappa shape index (κ1) is 19.8. The topological polar surface area (TPSA) is 72.2 Å². The summed E-state index contributed by atoms with van der Waals surface area (Å²) in [5, 5.41) is 17.4. The first-order chi connectivity index (χ1) is 13.6. The summed E-state index contributed by atoms with van der Waals surface area (Å²) in [5.74, 6) is 0.00280. The molecule has 7 heteroatoms. The summed E-state index contributed by atoms with van der Waals surface area (Å²) in [6.45, 7) is 4.80. The smallest absolute Gasteiger partial charge is 0.336 e. The van der Waals surface area contributed by atoms with Crippen LogP contribution in [0, 0.1) is 5.82 Å². The van der Waals surface area contributed by atoms with Crippen molar-refractivity contribution in [2.45, 2.75) is 32.8 Å². The van der Waals surface area contributed by atoms with E-state index in [-0.39, 0.29) is 17.9 Å². The average molecular weight is 384 g/mol. The Morgan fingerprint density at radius 3 is 2.57 bits per heavy atom. The van der Waals surface area contributed by atoms with Gasteiger partial charge in [0.1, 0.15) is 5.82 Å². The van der Waals surface area contributed by atoms with E-state index in [0.29, 0.717) is 24.5 Å². The number of hydrogen-bond acceptors (Lipinski definition) is 5. The molecule has 0 radical (unpaired) electrons. The Kier molecular flexibility index (Phi) is 6.60. The first-order valence-corrected chi connectivity index (χ1v) is 9.49. The molecule has 1 aromatic heterocycles. The van der Waals surface area contributed by atoms with Crippen LogP contribution in [0.15, 0.2) is 48.5 Å². The van der Waals surface area contributed by atoms with Crippen LogP contribution < -0.4 is 10.1 Å². The highest BCUT2D eigenvalue weighted by atomic mass is 19.1. The summed E-state index contributed by atoms with van der Waals surface area (Å²) in [6, 6.07) is 14.2. The molecule has 0 saturated carbocycles. The number of nitrogens with zero attached hydrogens (tertiary/aromatic N) is 3. The quantitative estimate of drug-likeness (QED) is 0.582. The zero-order valence-corrected chi connectivity index (χ0v) is 16.1. The number of nitrogens with one attached hydrogen (secondary N) is 1. The second kappa shape index (κ2) is 9.32. The summed E-state index contributed by atoms with van der Waals surface area (Å²) in [6.07, 6.45) is 1.33. The SMILES string of the molecule is CCCC(O)CNc1ccc(-n2nc(OCC)nc2-c2ccccc2F)cc1. The van der Waals surface area contributed by atoms with Crippen molar-refractivity contribution in [3.63, 3.8) is 0 Å². The van der Waals surface area contributed by atoms with Crippen molar-refractivity contribution in [2.75, 3.05) is 18.5 Å². The van der Waals surface area contributed by atoms with Crippen molar-refractivity contribution in [3.8, 4) is 23.1 Å². The van der Waals surface area contributed by atoms with Gasteiger partial charge in [-0.05, 0) is 49.7 Å². The minimum Gasteiger partial charge on any atom is -0.463 e. The molecule has 2 N–H and O–H groups in total. The van der Waals surface area contributed by atoms with E-state index in [1.807, 2.05) is 38.1 Å². The van der Waals surface area contributed by atoms with E-state index in [1.165, 1.54) is 6.07 Å². The fraction of sp³-hybridized carbons (Fsp3) is 0.333. The van der Waals surface area contributed by atoms with E-state index in [2.05, 4.69) is 15.4 Å². The van der Waals surface area contributed by atoms with Crippen LogP contribution in [0.25, 0.3) is 17.1 Å². The second-order valence-corrected chi connectivity index (χ2v) is 6.41. The summed E-state index contributed by atoms with van der Waals surface area (Å²) in [5.41, 5.74) is 1.97. The van der Waals surface area contributed by atoms with Gasteiger partial charge >= 0.3 is 6.01 Å². The summed E-state index contributed by atoms with van der Waals surface area (Å²) < 4.78 is 21.3. The van der Waals surface area contributed by atoms with E-state index in [4.69, 9.17) is 4.74 Å². The molecular weight excluding hydrogens is 359 g/mol. The Morgan fingerprint density at radius 1 is 1.14 bits per heavy atom. The maximum Gasteiger partial charge on any atom is 0.336 e. The summed E-state index contributed by atoms with van der Waals surface area (Å²) >= 11 is 0. The van der Waals surface area contributed by atoms with Gasteiger partial charge in [-0.15, -0.1) is 5.10 Å². The molecule has 1 unspecified atom stereocenters. The van der Waals surface area contributed by atoms with Crippen molar-refractivity contribution < 1.29 is 14.2 Å². The highest BCUT2D eigenvalue weighted by Gasteiger charge is 2.17. The number of aliphatic hydroxyl groups excluding tert-OH is 1. The van der Waals surface area contributed by atoms with E-state index in [1.54, 1.807) is 22.9 Å². The average Bonchev–Trinajstić information content (AvgIpc) is 3.11. The van der Waals surface area contributed by atoms with Crippen LogP contribution in [0.2, 0.25) is 0 Å². The van der Waals surface area contributed by atoms with Crippen molar-refractivity contribution in [3.05, 3.63) is 54.3 Å². The third-order valence-electron chi connectivity index (χ3n) is 4.25. The first-order valence-electron chi connectivity index (χ1n) is 9.49. The van der Waals surface area contributed by atoms with Crippen molar-refractivity contribution in [1.29, 1.82) is 0 Å². The number of hydrogen-bond donors (Lipinski definition) is 2. The molecule has 0 bridgehead atoms. The van der Waals surface area contributed by atoms with Crippen LogP contribution >= 0.6 is 0 Å². The minimum absolute atomic E-state index is 0.200. The monoisotopic (exact) mass is 384 g/mol. The zero-order chi connectivity index (χ0) is 19.9. The molecular formula is C21H25FN4O2. The highest BCUT2D eigenvalue weighted by Crippen LogP contribution is 2.26. The van der Waals surface area contributed by atoms with Crippen molar-refractivity contribution >= 4 is 5.69 Å². The molecule has 0 amide bonds. The molecule has 0 aliphatic carbocycles. The number of anilines is 1. The predicted octanol–water partition coefficient (Wildman–Crippen LogP) is 4.05. The largest absolute Gasteiger partial charge is 0.463 e. The Labute approximate surface area is 164 Å². The molecule has 0 saturated heterocycles. The Balaban J connectivity index is 1.87. The molecule has 2 aromatic carbocycles. The number of benzene rings is 2. The van der Waals surface area contributed by atoms with Crippen molar-refractivity contribution in [2.24, 2.45) is 0 Å². The molecule has 0 fully saturated rings. The van der Waals surface area contributed by atoms with Gasteiger partial charge in [0.05, 0.1) is 24.0 Å². The lowest BCUT2D eigenvalue weighted by atomic mass is 10.2. The predicted molar refractivity (Wildman–Crippen MR) is 107 cm³/mol. The van der Waals surface area contributed by atoms with Gasteiger partial charge in [0.2, 0.25) is 0 Å². The zero-order valence-electron chi connectivity index (χ0n) is 16.1. The maximum atomic E-state index is 14.3. The maximum absolute atomic E-state index is 14.3. The van der Waals surface area contributed by atoms with Crippen LogP contribution in [0.3, 0.4) is 0 Å². The molecule has 3 aromatic rings. The van der Waals surface area contributed by atoms with Crippen LogP contribution in [0.4, 0.5) is 10.1 Å². The van der Waals surface area contributed by atoms with Crippen LogP contribution in [0.5, 0.6) is 6.01 Å². The molecule has 148 valence electrons. The number of ether oxygens (including phenoxy) is 1. The van der Waals surface area contributed by atoms with Crippen LogP contribution in [0.1, 0.15) is 26.7 Å². The fourth-order valence-corrected chi connectivity index (χ4v) is 2.87. The highest BCUT2D eigenvalue weighted by molar-refractivity contribution is 5.60. The van der Waals surface area contributed by atoms with E-state index in [9.17, 15) is 9.50 Å². The van der Waals surface area contributed by atoms with Crippen molar-refractivity contribution in [1.82, 2.24) is 14.8 Å². The molecule has 0 aliphatic heterocycles. The van der Waals surface area contributed by atoms with E-state index >= 15 is 0 Å². The van der Waals surface area contributed by atoms with Gasteiger partial charge in [0, 0.05) is 12.2 Å². The minimum atomic E-state index is -0.374. The molecule has 28 heavy (non-hydrogen) atoms. The summed E-state index contributed by atoms with van der Waals surface area (Å²) in [4.78, 5) is 4.35. The Bertz CT molecular complexity index is 896. The Morgan fingerprint density at radius 2 is 1.89 bits per heavy atom. The standard InChI is InChI=1S/C21H25FN4O2/c1-3-7-17(27)14-23-15-10-12-16(13-11-15)26-20(24-21(25-26)28-4-2)18-8-5-6-9-19(18)22/h5-6,8-13,17,23,27H,3-4,7,14H2,1-2H3. The lowest BCUT2D eigenvalue weighted by Gasteiger charge is -2.12. The molecule has 1 atom stereocenters. The third-order valence-corrected chi connectivity index (χ3v) is 4.25. The van der Waals surface area contributed by atoms with Gasteiger partial charge in [-0.2, -0.15) is 4.98 Å². The third kappa shape index (κ3) is 4.67. The summed E-state index contributed by atoms with van der Waals surface area (Å²) in [7, 11) is 0. The van der Waals surface area contributed by atoms with Gasteiger partial charge in [-0.3, -0.25) is 0 Å². The van der Waals surface area contributed by atoms with E-state index in [0.717, 1.165) is 24.2 Å². The Hall–Kier alpha value is -2.93. The van der Waals surface area contributed by atoms with Gasteiger partial charge < -0.3 is 15.2 Å². The fourth-order valence-electron chi connectivity index (χ4n) is 2.87. The van der Waals surface area contributed by atoms with Gasteiger partial charge in [-0.25, -0.2) is 9.07 Å². The lowest BCUT2D eigenvalue weighted by Crippen LogP contribution is -2.18. The number of halogens is 1. The molecule has 0 aliphatic rings. The van der Waals surface area contributed by atoms with Crippen LogP contribution in [-0.4, -0.2) is 39.1 Å². The van der Waals surface area contributed by atoms with Gasteiger partial charge in [-0.1, -0.05) is 25.5 Å². The molecule has 6 nitrogen and oxygen atoms in total. The van der Waals surface area contributed by atoms with E-state index < -0.39 is 0 Å². The normalized spacial score (nSPS) is 12.0. The molecule has 3 rings (SSSR count). The number of aliphatic hydroxyl groups is 1. The number of aromatic nitrogens is 3. The molecule has 1 heterocycles. The number of rotatable bonds is 9. The van der Waals surface area contributed by atoms with Gasteiger partial charge in [0.15, 0.2) is 5.82 Å². The lowest BCUT2D eigenvalue weighted by molar-refractivity contribution is 0.176. The van der Waals surface area contributed by atoms with Gasteiger partial charge in [0.25, 0.3) is 0 Å². The van der Waals surface area contributed by atoms with Crippen LogP contribution in [-0.2, 0) is 0 Å². The molecule has 0 spiro atoms. The second-order valence-electron chi connectivity index (χ2n) is 6.41.